The van der Waals surface area contributed by atoms with Crippen molar-refractivity contribution in [3.05, 3.63) is 58.4 Å². The number of halogens is 2. The van der Waals surface area contributed by atoms with Crippen LogP contribution in [0.15, 0.2) is 36.4 Å². The molecule has 1 heterocycles. The number of benzene rings is 2. The van der Waals surface area contributed by atoms with Gasteiger partial charge in [0, 0.05) is 6.07 Å². The van der Waals surface area contributed by atoms with Crippen molar-refractivity contribution in [2.24, 2.45) is 0 Å². The Balaban J connectivity index is 2.03. The molecule has 1 aliphatic rings. The van der Waals surface area contributed by atoms with Crippen molar-refractivity contribution >= 4 is 23.3 Å². The van der Waals surface area contributed by atoms with Crippen molar-refractivity contribution in [3.8, 4) is 17.6 Å². The van der Waals surface area contributed by atoms with Crippen LogP contribution in [0.3, 0.4) is 0 Å². The molecular formula is C16H9ClFNO2. The Hall–Kier alpha value is -2.51. The van der Waals surface area contributed by atoms with Crippen LogP contribution in [0.25, 0.3) is 11.6 Å². The fraction of sp³-hybridized carbons (Fsp3) is 0.0625. The lowest BCUT2D eigenvalue weighted by Gasteiger charge is -2.04. The van der Waals surface area contributed by atoms with E-state index in [4.69, 9.17) is 21.1 Å². The van der Waals surface area contributed by atoms with E-state index in [1.54, 1.807) is 30.3 Å². The van der Waals surface area contributed by atoms with Crippen LogP contribution >= 0.6 is 11.6 Å². The number of nitrogens with zero attached hydrogens (tertiary/aromatic N) is 1. The number of ether oxygens (including phenoxy) is 2. The number of fused-ring (bicyclic) bond motifs is 1. The standard InChI is InChI=1S/C16H9ClFNO2/c17-14-7-16-15(20-9-21-16)6-11(14)5-12(8-19)10-1-3-13(18)4-2-10/h1-7H,9H2. The first-order valence-electron chi connectivity index (χ1n) is 6.14. The molecule has 0 saturated carbocycles. The summed E-state index contributed by atoms with van der Waals surface area (Å²) in [7, 11) is 0. The predicted molar refractivity (Wildman–Crippen MR) is 77.5 cm³/mol. The second-order valence-electron chi connectivity index (χ2n) is 4.40. The average molecular weight is 302 g/mol. The quantitative estimate of drug-likeness (QED) is 0.614. The third-order valence-electron chi connectivity index (χ3n) is 3.07. The Morgan fingerprint density at radius 3 is 2.52 bits per heavy atom. The summed E-state index contributed by atoms with van der Waals surface area (Å²) in [5, 5.41) is 9.74. The number of rotatable bonds is 2. The summed E-state index contributed by atoms with van der Waals surface area (Å²) < 4.78 is 23.5. The Morgan fingerprint density at radius 2 is 1.86 bits per heavy atom. The number of allylic oxidation sites excluding steroid dienone is 1. The summed E-state index contributed by atoms with van der Waals surface area (Å²) >= 11 is 6.17. The van der Waals surface area contributed by atoms with Crippen LogP contribution in [0.1, 0.15) is 11.1 Å². The first-order valence-corrected chi connectivity index (χ1v) is 6.52. The van der Waals surface area contributed by atoms with Gasteiger partial charge >= 0.3 is 0 Å². The third-order valence-corrected chi connectivity index (χ3v) is 3.39. The Kier molecular flexibility index (Phi) is 3.51. The SMILES string of the molecule is N#CC(=Cc1cc2c(cc1Cl)OCO2)c1ccc(F)cc1. The van der Waals surface area contributed by atoms with E-state index in [1.165, 1.54) is 12.1 Å². The summed E-state index contributed by atoms with van der Waals surface area (Å²) in [5.74, 6) is 0.816. The van der Waals surface area contributed by atoms with E-state index in [-0.39, 0.29) is 12.6 Å². The summed E-state index contributed by atoms with van der Waals surface area (Å²) in [4.78, 5) is 0. The molecule has 5 heteroatoms. The lowest BCUT2D eigenvalue weighted by molar-refractivity contribution is 0.174. The first-order chi connectivity index (χ1) is 10.2. The highest BCUT2D eigenvalue weighted by atomic mass is 35.5. The van der Waals surface area contributed by atoms with Crippen LogP contribution in [0, 0.1) is 17.1 Å². The molecule has 0 spiro atoms. The molecule has 0 radical (unpaired) electrons. The normalized spacial score (nSPS) is 13.1. The van der Waals surface area contributed by atoms with E-state index in [0.717, 1.165) is 0 Å². The molecule has 1 aliphatic heterocycles. The van der Waals surface area contributed by atoms with E-state index >= 15 is 0 Å². The summed E-state index contributed by atoms with van der Waals surface area (Å²) in [6.07, 6.45) is 1.64. The highest BCUT2D eigenvalue weighted by Gasteiger charge is 2.16. The van der Waals surface area contributed by atoms with Crippen LogP contribution in [0.5, 0.6) is 11.5 Å². The lowest BCUT2D eigenvalue weighted by Crippen LogP contribution is -1.92. The summed E-state index contributed by atoms with van der Waals surface area (Å²) in [6.45, 7) is 0.155. The van der Waals surface area contributed by atoms with Crippen LogP contribution < -0.4 is 9.47 Å². The fourth-order valence-electron chi connectivity index (χ4n) is 2.01. The van der Waals surface area contributed by atoms with E-state index in [2.05, 4.69) is 6.07 Å². The second kappa shape index (κ2) is 5.47. The maximum absolute atomic E-state index is 12.9. The topological polar surface area (TPSA) is 42.2 Å². The maximum atomic E-state index is 12.9. The Bertz CT molecular complexity index is 763. The summed E-state index contributed by atoms with van der Waals surface area (Å²) in [6, 6.07) is 11.2. The molecule has 2 aromatic rings. The largest absolute Gasteiger partial charge is 0.454 e. The van der Waals surface area contributed by atoms with Crippen molar-refractivity contribution in [1.29, 1.82) is 5.26 Å². The van der Waals surface area contributed by atoms with Gasteiger partial charge in [-0.2, -0.15) is 5.26 Å². The first kappa shape index (κ1) is 13.5. The van der Waals surface area contributed by atoms with Gasteiger partial charge < -0.3 is 9.47 Å². The van der Waals surface area contributed by atoms with Crippen molar-refractivity contribution in [2.45, 2.75) is 0 Å². The molecule has 0 bridgehead atoms. The molecule has 0 N–H and O–H groups in total. The monoisotopic (exact) mass is 301 g/mol. The molecule has 0 aliphatic carbocycles. The minimum atomic E-state index is -0.350. The molecule has 0 atom stereocenters. The van der Waals surface area contributed by atoms with Crippen LogP contribution in [0.2, 0.25) is 5.02 Å². The maximum Gasteiger partial charge on any atom is 0.231 e. The van der Waals surface area contributed by atoms with E-state index < -0.39 is 0 Å². The van der Waals surface area contributed by atoms with Crippen LogP contribution in [-0.4, -0.2) is 6.79 Å². The van der Waals surface area contributed by atoms with E-state index in [1.807, 2.05) is 0 Å². The van der Waals surface area contributed by atoms with Gasteiger partial charge in [0.25, 0.3) is 0 Å². The van der Waals surface area contributed by atoms with Gasteiger partial charge in [-0.15, -0.1) is 0 Å². The Labute approximate surface area is 125 Å². The molecule has 3 nitrogen and oxygen atoms in total. The minimum Gasteiger partial charge on any atom is -0.454 e. The molecule has 0 fully saturated rings. The van der Waals surface area contributed by atoms with Crippen molar-refractivity contribution in [2.75, 3.05) is 6.79 Å². The van der Waals surface area contributed by atoms with E-state index in [0.29, 0.717) is 33.2 Å². The molecular weight excluding hydrogens is 293 g/mol. The van der Waals surface area contributed by atoms with E-state index in [9.17, 15) is 9.65 Å². The van der Waals surface area contributed by atoms with Gasteiger partial charge in [0.2, 0.25) is 6.79 Å². The van der Waals surface area contributed by atoms with Gasteiger partial charge in [-0.25, -0.2) is 4.39 Å². The third kappa shape index (κ3) is 2.69. The predicted octanol–water partition coefficient (Wildman–Crippen LogP) is 4.27. The van der Waals surface area contributed by atoms with Gasteiger partial charge in [0.15, 0.2) is 11.5 Å². The summed E-state index contributed by atoms with van der Waals surface area (Å²) in [5.41, 5.74) is 1.64. The van der Waals surface area contributed by atoms with Gasteiger partial charge in [0.1, 0.15) is 5.82 Å². The molecule has 0 unspecified atom stereocenters. The van der Waals surface area contributed by atoms with Gasteiger partial charge in [-0.1, -0.05) is 23.7 Å². The number of hydrogen-bond donors (Lipinski definition) is 0. The number of nitriles is 1. The number of hydrogen-bond acceptors (Lipinski definition) is 3. The van der Waals surface area contributed by atoms with Crippen LogP contribution in [0.4, 0.5) is 4.39 Å². The molecule has 2 aromatic carbocycles. The molecule has 0 amide bonds. The zero-order chi connectivity index (χ0) is 14.8. The zero-order valence-corrected chi connectivity index (χ0v) is 11.5. The zero-order valence-electron chi connectivity index (χ0n) is 10.8. The molecule has 21 heavy (non-hydrogen) atoms. The van der Waals surface area contributed by atoms with Gasteiger partial charge in [-0.05, 0) is 35.4 Å². The fourth-order valence-corrected chi connectivity index (χ4v) is 2.22. The Morgan fingerprint density at radius 1 is 1.19 bits per heavy atom. The highest BCUT2D eigenvalue weighted by Crippen LogP contribution is 2.38. The lowest BCUT2D eigenvalue weighted by atomic mass is 10.0. The molecule has 0 saturated heterocycles. The smallest absolute Gasteiger partial charge is 0.231 e. The average Bonchev–Trinajstić information content (AvgIpc) is 2.93. The molecule has 3 rings (SSSR count). The minimum absolute atomic E-state index is 0.155. The van der Waals surface area contributed by atoms with Crippen molar-refractivity contribution < 1.29 is 13.9 Å². The van der Waals surface area contributed by atoms with Crippen LogP contribution in [-0.2, 0) is 0 Å². The van der Waals surface area contributed by atoms with Gasteiger partial charge in [-0.3, -0.25) is 0 Å². The second-order valence-corrected chi connectivity index (χ2v) is 4.81. The molecule has 104 valence electrons. The van der Waals surface area contributed by atoms with Crippen molar-refractivity contribution in [3.63, 3.8) is 0 Å². The molecule has 0 aromatic heterocycles. The van der Waals surface area contributed by atoms with Gasteiger partial charge in [0.05, 0.1) is 16.7 Å². The van der Waals surface area contributed by atoms with Crippen molar-refractivity contribution in [1.82, 2.24) is 0 Å². The highest BCUT2D eigenvalue weighted by molar-refractivity contribution is 6.32.